The molecule has 0 radical (unpaired) electrons. The standard InChI is InChI=1S/C20H19ClN2O4S2/c21-14-3-1-13(2-4-14)10-28-20-22-16-11-29(24,25)12-17(16)23(20)15-5-6-18-19(9-15)27-8-7-26-18/h1-6,9,16-17H,7-8,10-12H2. The van der Waals surface area contributed by atoms with E-state index in [2.05, 4.69) is 0 Å². The van der Waals surface area contributed by atoms with Crippen molar-refractivity contribution in [2.45, 2.75) is 17.8 Å². The fourth-order valence-electron chi connectivity index (χ4n) is 3.85. The Morgan fingerprint density at radius 2 is 1.83 bits per heavy atom. The maximum absolute atomic E-state index is 12.2. The van der Waals surface area contributed by atoms with Gasteiger partial charge in [-0.15, -0.1) is 0 Å². The number of halogens is 1. The van der Waals surface area contributed by atoms with E-state index >= 15 is 0 Å². The molecule has 6 nitrogen and oxygen atoms in total. The van der Waals surface area contributed by atoms with Crippen molar-refractivity contribution in [3.05, 3.63) is 53.1 Å². The van der Waals surface area contributed by atoms with Crippen LogP contribution < -0.4 is 14.4 Å². The van der Waals surface area contributed by atoms with Crippen molar-refractivity contribution in [2.75, 3.05) is 29.6 Å². The van der Waals surface area contributed by atoms with Gasteiger partial charge in [0, 0.05) is 22.5 Å². The van der Waals surface area contributed by atoms with Gasteiger partial charge in [0.2, 0.25) is 0 Å². The van der Waals surface area contributed by atoms with Crippen LogP contribution in [-0.4, -0.2) is 50.4 Å². The Morgan fingerprint density at radius 1 is 1.07 bits per heavy atom. The minimum absolute atomic E-state index is 0.101. The Balaban J connectivity index is 1.44. The number of thioether (sulfide) groups is 1. The molecule has 152 valence electrons. The summed E-state index contributed by atoms with van der Waals surface area (Å²) in [5, 5.41) is 1.54. The van der Waals surface area contributed by atoms with Gasteiger partial charge in [0.25, 0.3) is 0 Å². The number of hydrogen-bond acceptors (Lipinski definition) is 7. The molecule has 1 fully saturated rings. The van der Waals surface area contributed by atoms with E-state index in [0.717, 1.165) is 22.2 Å². The van der Waals surface area contributed by atoms with Crippen molar-refractivity contribution >= 4 is 44.1 Å². The molecule has 1 saturated heterocycles. The van der Waals surface area contributed by atoms with Crippen molar-refractivity contribution < 1.29 is 17.9 Å². The first-order valence-corrected chi connectivity index (χ1v) is 12.5. The maximum Gasteiger partial charge on any atom is 0.164 e. The van der Waals surface area contributed by atoms with Gasteiger partial charge in [-0.1, -0.05) is 35.5 Å². The summed E-state index contributed by atoms with van der Waals surface area (Å²) in [4.78, 5) is 6.83. The number of anilines is 1. The number of rotatable bonds is 3. The fraction of sp³-hybridized carbons (Fsp3) is 0.350. The number of fused-ring (bicyclic) bond motifs is 2. The third kappa shape index (κ3) is 3.81. The first-order chi connectivity index (χ1) is 14.0. The summed E-state index contributed by atoms with van der Waals surface area (Å²) < 4.78 is 35.8. The Morgan fingerprint density at radius 3 is 2.62 bits per heavy atom. The van der Waals surface area contributed by atoms with Gasteiger partial charge in [-0.3, -0.25) is 4.99 Å². The molecule has 2 aromatic rings. The minimum atomic E-state index is -3.09. The van der Waals surface area contributed by atoms with Crippen LogP contribution in [-0.2, 0) is 15.6 Å². The van der Waals surface area contributed by atoms with E-state index in [4.69, 9.17) is 26.1 Å². The molecule has 29 heavy (non-hydrogen) atoms. The molecule has 3 aliphatic rings. The topological polar surface area (TPSA) is 68.2 Å². The average molecular weight is 451 g/mol. The molecule has 0 N–H and O–H groups in total. The third-order valence-corrected chi connectivity index (χ3v) is 8.18. The Kier molecular flexibility index (Phi) is 4.88. The zero-order chi connectivity index (χ0) is 20.0. The van der Waals surface area contributed by atoms with E-state index in [1.807, 2.05) is 47.4 Å². The molecule has 0 spiro atoms. The maximum atomic E-state index is 12.2. The van der Waals surface area contributed by atoms with E-state index in [0.29, 0.717) is 29.7 Å². The summed E-state index contributed by atoms with van der Waals surface area (Å²) in [6.45, 7) is 1.03. The number of benzene rings is 2. The van der Waals surface area contributed by atoms with E-state index in [-0.39, 0.29) is 23.6 Å². The second-order valence-corrected chi connectivity index (χ2v) is 10.8. The summed E-state index contributed by atoms with van der Waals surface area (Å²) in [5.74, 6) is 2.33. The molecular weight excluding hydrogens is 432 g/mol. The highest BCUT2D eigenvalue weighted by atomic mass is 35.5. The lowest BCUT2D eigenvalue weighted by Gasteiger charge is -2.28. The summed E-state index contributed by atoms with van der Waals surface area (Å²) in [5.41, 5.74) is 2.01. The summed E-state index contributed by atoms with van der Waals surface area (Å²) >= 11 is 7.58. The average Bonchev–Trinajstić information content (AvgIpc) is 3.18. The number of sulfone groups is 1. The summed E-state index contributed by atoms with van der Waals surface area (Å²) in [7, 11) is -3.09. The first kappa shape index (κ1) is 19.1. The fourth-order valence-corrected chi connectivity index (χ4v) is 6.89. The number of hydrogen-bond donors (Lipinski definition) is 0. The smallest absolute Gasteiger partial charge is 0.164 e. The van der Waals surface area contributed by atoms with Crippen molar-refractivity contribution in [2.24, 2.45) is 4.99 Å². The lowest BCUT2D eigenvalue weighted by molar-refractivity contribution is 0.171. The van der Waals surface area contributed by atoms with Gasteiger partial charge in [0.15, 0.2) is 26.5 Å². The molecule has 2 unspecified atom stereocenters. The Hall–Kier alpha value is -1.90. The molecule has 0 aliphatic carbocycles. The number of nitrogens with zero attached hydrogens (tertiary/aromatic N) is 2. The zero-order valence-corrected chi connectivity index (χ0v) is 17.8. The lowest BCUT2D eigenvalue weighted by atomic mass is 10.1. The summed E-state index contributed by atoms with van der Waals surface area (Å²) in [6.07, 6.45) is 0. The van der Waals surface area contributed by atoms with Gasteiger partial charge in [0.05, 0.1) is 23.6 Å². The van der Waals surface area contributed by atoms with E-state index in [1.54, 1.807) is 11.8 Å². The van der Waals surface area contributed by atoms with Crippen molar-refractivity contribution in [3.8, 4) is 11.5 Å². The molecule has 0 aromatic heterocycles. The van der Waals surface area contributed by atoms with E-state index in [9.17, 15) is 8.42 Å². The van der Waals surface area contributed by atoms with Gasteiger partial charge < -0.3 is 14.4 Å². The second kappa shape index (κ2) is 7.41. The molecule has 2 atom stereocenters. The highest BCUT2D eigenvalue weighted by Gasteiger charge is 2.47. The molecule has 0 amide bonds. The molecule has 3 aliphatic heterocycles. The molecular formula is C20H19ClN2O4S2. The van der Waals surface area contributed by atoms with Gasteiger partial charge >= 0.3 is 0 Å². The highest BCUT2D eigenvalue weighted by molar-refractivity contribution is 8.13. The second-order valence-electron chi connectivity index (χ2n) is 7.24. The van der Waals surface area contributed by atoms with Gasteiger partial charge in [0.1, 0.15) is 13.2 Å². The van der Waals surface area contributed by atoms with Gasteiger partial charge in [-0.2, -0.15) is 0 Å². The molecule has 9 heteroatoms. The largest absolute Gasteiger partial charge is 0.486 e. The monoisotopic (exact) mass is 450 g/mol. The van der Waals surface area contributed by atoms with Crippen molar-refractivity contribution in [1.82, 2.24) is 0 Å². The zero-order valence-electron chi connectivity index (χ0n) is 15.5. The number of amidine groups is 1. The predicted octanol–water partition coefficient (Wildman–Crippen LogP) is 3.39. The minimum Gasteiger partial charge on any atom is -0.486 e. The normalized spacial score (nSPS) is 24.3. The first-order valence-electron chi connectivity index (χ1n) is 9.33. The Bertz CT molecular complexity index is 1070. The molecule has 2 aromatic carbocycles. The number of aliphatic imine (C=N–C) groups is 1. The van der Waals surface area contributed by atoms with Crippen LogP contribution in [0, 0.1) is 0 Å². The van der Waals surface area contributed by atoms with Crippen LogP contribution in [0.5, 0.6) is 11.5 Å². The van der Waals surface area contributed by atoms with Crippen LogP contribution in [0.1, 0.15) is 5.56 Å². The third-order valence-electron chi connectivity index (χ3n) is 5.19. The van der Waals surface area contributed by atoms with Crippen LogP contribution in [0.15, 0.2) is 47.5 Å². The molecule has 0 bridgehead atoms. The van der Waals surface area contributed by atoms with Crippen molar-refractivity contribution in [1.29, 1.82) is 0 Å². The highest BCUT2D eigenvalue weighted by Crippen LogP contribution is 2.40. The van der Waals surface area contributed by atoms with Gasteiger partial charge in [-0.25, -0.2) is 8.42 Å². The predicted molar refractivity (Wildman–Crippen MR) is 116 cm³/mol. The van der Waals surface area contributed by atoms with E-state index in [1.165, 1.54) is 0 Å². The SMILES string of the molecule is O=S1(=O)CC2N=C(SCc3ccc(Cl)cc3)N(c3ccc4c(c3)OCCO4)C2C1. The lowest BCUT2D eigenvalue weighted by Crippen LogP contribution is -2.39. The van der Waals surface area contributed by atoms with Crippen LogP contribution >= 0.6 is 23.4 Å². The molecule has 3 heterocycles. The van der Waals surface area contributed by atoms with Crippen LogP contribution in [0.3, 0.4) is 0 Å². The number of ether oxygens (including phenoxy) is 2. The van der Waals surface area contributed by atoms with Crippen LogP contribution in [0.4, 0.5) is 5.69 Å². The molecule has 0 saturated carbocycles. The summed E-state index contributed by atoms with van der Waals surface area (Å²) in [6, 6.07) is 13.0. The molecule has 5 rings (SSSR count). The van der Waals surface area contributed by atoms with E-state index < -0.39 is 9.84 Å². The van der Waals surface area contributed by atoms with Crippen LogP contribution in [0.2, 0.25) is 5.02 Å². The van der Waals surface area contributed by atoms with Crippen LogP contribution in [0.25, 0.3) is 0 Å². The van der Waals surface area contributed by atoms with Crippen molar-refractivity contribution in [3.63, 3.8) is 0 Å². The van der Waals surface area contributed by atoms with Gasteiger partial charge in [-0.05, 0) is 29.8 Å². The quantitative estimate of drug-likeness (QED) is 0.714. The Labute approximate surface area is 178 Å².